The van der Waals surface area contributed by atoms with E-state index in [0.29, 0.717) is 12.3 Å². The van der Waals surface area contributed by atoms with E-state index in [1.807, 2.05) is 31.2 Å². The van der Waals surface area contributed by atoms with E-state index in [1.54, 1.807) is 6.92 Å². The molecule has 0 spiro atoms. The van der Waals surface area contributed by atoms with Gasteiger partial charge < -0.3 is 0 Å². The van der Waals surface area contributed by atoms with Gasteiger partial charge in [0.25, 0.3) is 0 Å². The number of hydrogen-bond acceptors (Lipinski definition) is 2. The van der Waals surface area contributed by atoms with E-state index in [1.165, 1.54) is 0 Å². The Balaban J connectivity index is 2.60. The van der Waals surface area contributed by atoms with E-state index < -0.39 is 11.0 Å². The first-order chi connectivity index (χ1) is 9.52. The predicted octanol–water partition coefficient (Wildman–Crippen LogP) is 3.36. The van der Waals surface area contributed by atoms with Gasteiger partial charge in [-0.15, -0.1) is 11.6 Å². The minimum atomic E-state index is -1.28. The van der Waals surface area contributed by atoms with Crippen LogP contribution in [0, 0.1) is 6.92 Å². The quantitative estimate of drug-likeness (QED) is 0.561. The summed E-state index contributed by atoms with van der Waals surface area (Å²) in [5.74, 6) is 0.725. The molecule has 0 amide bonds. The molecule has 1 aromatic carbocycles. The van der Waals surface area contributed by atoms with Crippen molar-refractivity contribution in [1.29, 1.82) is 0 Å². The van der Waals surface area contributed by atoms with Crippen molar-refractivity contribution >= 4 is 28.4 Å². The minimum Gasteiger partial charge on any atom is -0.300 e. The van der Waals surface area contributed by atoms with Gasteiger partial charge >= 0.3 is 0 Å². The van der Waals surface area contributed by atoms with Crippen LogP contribution in [0.25, 0.3) is 0 Å². The van der Waals surface area contributed by atoms with Crippen molar-refractivity contribution in [2.75, 3.05) is 5.88 Å². The molecule has 1 rings (SSSR count). The summed E-state index contributed by atoms with van der Waals surface area (Å²) < 4.78 is 15.3. The fraction of sp³-hybridized carbons (Fsp3) is 0.533. The van der Waals surface area contributed by atoms with E-state index in [0.717, 1.165) is 29.7 Å². The number of unbranched alkanes of at least 4 members (excludes halogenated alkanes) is 1. The van der Waals surface area contributed by atoms with Crippen LogP contribution >= 0.6 is 11.6 Å². The van der Waals surface area contributed by atoms with Crippen LogP contribution in [0.3, 0.4) is 0 Å². The number of benzene rings is 1. The highest BCUT2D eigenvalue weighted by Gasteiger charge is 2.14. The van der Waals surface area contributed by atoms with Gasteiger partial charge in [0.1, 0.15) is 16.8 Å². The SMILES string of the molecule is CC(=O)C[C@H](CCCCCl)NS(=O)c1ccc(C)cc1. The number of hydrogen-bond donors (Lipinski definition) is 1. The van der Waals surface area contributed by atoms with Crippen LogP contribution in [0.15, 0.2) is 29.2 Å². The van der Waals surface area contributed by atoms with Gasteiger partial charge in [-0.25, -0.2) is 8.93 Å². The third-order valence-corrected chi connectivity index (χ3v) is 4.49. The van der Waals surface area contributed by atoms with Crippen LogP contribution in [0.5, 0.6) is 0 Å². The van der Waals surface area contributed by atoms with Gasteiger partial charge in [0.15, 0.2) is 0 Å². The lowest BCUT2D eigenvalue weighted by molar-refractivity contribution is -0.117. The van der Waals surface area contributed by atoms with E-state index >= 15 is 0 Å². The predicted molar refractivity (Wildman–Crippen MR) is 84.4 cm³/mol. The first kappa shape index (κ1) is 17.3. The lowest BCUT2D eigenvalue weighted by atomic mass is 10.1. The summed E-state index contributed by atoms with van der Waals surface area (Å²) in [7, 11) is -1.28. The maximum atomic E-state index is 12.2. The molecule has 2 atom stereocenters. The number of rotatable bonds is 9. The van der Waals surface area contributed by atoms with E-state index in [-0.39, 0.29) is 11.8 Å². The van der Waals surface area contributed by atoms with Gasteiger partial charge in [0.05, 0.1) is 4.90 Å². The Morgan fingerprint density at radius 3 is 2.50 bits per heavy atom. The fourth-order valence-electron chi connectivity index (χ4n) is 1.92. The van der Waals surface area contributed by atoms with Crippen molar-refractivity contribution in [2.45, 2.75) is 50.5 Å². The molecule has 1 aromatic rings. The Hall–Kier alpha value is -0.710. The molecule has 112 valence electrons. The number of carbonyl (C=O) groups excluding carboxylic acids is 1. The van der Waals surface area contributed by atoms with E-state index in [4.69, 9.17) is 11.6 Å². The summed E-state index contributed by atoms with van der Waals surface area (Å²) in [6.45, 7) is 3.55. The Bertz CT molecular complexity index is 448. The molecule has 0 aliphatic heterocycles. The van der Waals surface area contributed by atoms with Crippen molar-refractivity contribution < 1.29 is 9.00 Å². The van der Waals surface area contributed by atoms with Crippen LogP contribution in [-0.4, -0.2) is 21.9 Å². The number of ketones is 1. The molecule has 0 heterocycles. The first-order valence-corrected chi connectivity index (χ1v) is 8.51. The minimum absolute atomic E-state index is 0.0575. The molecule has 20 heavy (non-hydrogen) atoms. The van der Waals surface area contributed by atoms with Crippen LogP contribution in [-0.2, 0) is 15.8 Å². The highest BCUT2D eigenvalue weighted by molar-refractivity contribution is 7.83. The Kier molecular flexibility index (Phi) is 8.04. The maximum Gasteiger partial charge on any atom is 0.131 e. The second-order valence-electron chi connectivity index (χ2n) is 4.99. The number of carbonyl (C=O) groups is 1. The molecular weight excluding hydrogens is 294 g/mol. The van der Waals surface area contributed by atoms with Gasteiger partial charge in [0.2, 0.25) is 0 Å². The Labute approximate surface area is 128 Å². The number of aryl methyl sites for hydroxylation is 1. The molecule has 0 aliphatic carbocycles. The molecule has 5 heteroatoms. The third-order valence-electron chi connectivity index (χ3n) is 2.98. The lowest BCUT2D eigenvalue weighted by Gasteiger charge is -2.16. The number of Topliss-reactive ketones (excluding diaryl/α,β-unsaturated/α-hetero) is 1. The zero-order chi connectivity index (χ0) is 15.0. The first-order valence-electron chi connectivity index (χ1n) is 6.83. The number of alkyl halides is 1. The van der Waals surface area contributed by atoms with Crippen LogP contribution in [0.4, 0.5) is 0 Å². The summed E-state index contributed by atoms with van der Waals surface area (Å²) in [5.41, 5.74) is 1.13. The zero-order valence-electron chi connectivity index (χ0n) is 12.0. The van der Waals surface area contributed by atoms with Crippen molar-refractivity contribution in [2.24, 2.45) is 0 Å². The van der Waals surface area contributed by atoms with Crippen molar-refractivity contribution in [3.8, 4) is 0 Å². The van der Waals surface area contributed by atoms with Crippen molar-refractivity contribution in [3.63, 3.8) is 0 Å². The molecule has 1 unspecified atom stereocenters. The molecule has 0 fully saturated rings. The molecule has 3 nitrogen and oxygen atoms in total. The normalized spacial score (nSPS) is 13.9. The van der Waals surface area contributed by atoms with Gasteiger partial charge in [-0.2, -0.15) is 0 Å². The van der Waals surface area contributed by atoms with Gasteiger partial charge in [0, 0.05) is 18.3 Å². The maximum absolute atomic E-state index is 12.2. The van der Waals surface area contributed by atoms with Gasteiger partial charge in [-0.05, 0) is 38.8 Å². The topological polar surface area (TPSA) is 46.2 Å². The van der Waals surface area contributed by atoms with E-state index in [2.05, 4.69) is 4.72 Å². The average molecular weight is 316 g/mol. The van der Waals surface area contributed by atoms with Crippen molar-refractivity contribution in [1.82, 2.24) is 4.72 Å². The number of halogens is 1. The van der Waals surface area contributed by atoms with Crippen molar-refractivity contribution in [3.05, 3.63) is 29.8 Å². The second-order valence-corrected chi connectivity index (χ2v) is 6.61. The van der Waals surface area contributed by atoms with Crippen LogP contribution in [0.1, 0.15) is 38.2 Å². The molecule has 0 saturated heterocycles. The molecule has 0 aromatic heterocycles. The zero-order valence-corrected chi connectivity index (χ0v) is 13.6. The molecule has 0 aliphatic rings. The summed E-state index contributed by atoms with van der Waals surface area (Å²) >= 11 is 5.66. The largest absolute Gasteiger partial charge is 0.300 e. The Morgan fingerprint density at radius 1 is 1.30 bits per heavy atom. The summed E-state index contributed by atoms with van der Waals surface area (Å²) in [5, 5.41) is 0. The van der Waals surface area contributed by atoms with E-state index in [9.17, 15) is 9.00 Å². The molecular formula is C15H22ClNO2S. The van der Waals surface area contributed by atoms with Gasteiger partial charge in [-0.1, -0.05) is 24.1 Å². The molecule has 0 bridgehead atoms. The van der Waals surface area contributed by atoms with Crippen LogP contribution in [0.2, 0.25) is 0 Å². The van der Waals surface area contributed by atoms with Gasteiger partial charge in [-0.3, -0.25) is 4.79 Å². The standard InChI is InChI=1S/C15H22ClNO2S/c1-12-6-8-15(9-7-12)20(19)17-14(11-13(2)18)5-3-4-10-16/h6-9,14,17H,3-5,10-11H2,1-2H3/t14-,20?/m0/s1. The second kappa shape index (κ2) is 9.27. The third kappa shape index (κ3) is 6.64. The highest BCUT2D eigenvalue weighted by Crippen LogP contribution is 2.11. The summed E-state index contributed by atoms with van der Waals surface area (Å²) in [4.78, 5) is 12.0. The summed E-state index contributed by atoms with van der Waals surface area (Å²) in [6.07, 6.45) is 3.05. The average Bonchev–Trinajstić information content (AvgIpc) is 2.38. The van der Waals surface area contributed by atoms with Crippen LogP contribution < -0.4 is 4.72 Å². The lowest BCUT2D eigenvalue weighted by Crippen LogP contribution is -2.32. The molecule has 0 saturated carbocycles. The molecule has 0 radical (unpaired) electrons. The molecule has 1 N–H and O–H groups in total. The smallest absolute Gasteiger partial charge is 0.131 e. The number of nitrogens with one attached hydrogen (secondary N) is 1. The monoisotopic (exact) mass is 315 g/mol. The fourth-order valence-corrected chi connectivity index (χ4v) is 3.13. The Morgan fingerprint density at radius 2 is 1.95 bits per heavy atom. The summed E-state index contributed by atoms with van der Waals surface area (Å²) in [6, 6.07) is 7.51. The highest BCUT2D eigenvalue weighted by atomic mass is 35.5.